The Labute approximate surface area is 92.6 Å². The van der Waals surface area contributed by atoms with Gasteiger partial charge in [0.05, 0.1) is 12.5 Å². The number of carbonyl (C=O) groups is 3. The van der Waals surface area contributed by atoms with Crippen LogP contribution in [0.2, 0.25) is 0 Å². The molecule has 90 valence electrons. The molecule has 1 heterocycles. The third kappa shape index (κ3) is 3.20. The van der Waals surface area contributed by atoms with Crippen LogP contribution < -0.4 is 11.1 Å². The van der Waals surface area contributed by atoms with Crippen LogP contribution in [0.3, 0.4) is 0 Å². The predicted molar refractivity (Wildman–Crippen MR) is 54.5 cm³/mol. The molecule has 0 radical (unpaired) electrons. The third-order valence-electron chi connectivity index (χ3n) is 2.63. The van der Waals surface area contributed by atoms with E-state index < -0.39 is 23.8 Å². The van der Waals surface area contributed by atoms with Crippen LogP contribution in [-0.4, -0.2) is 47.5 Å². The van der Waals surface area contributed by atoms with Crippen LogP contribution in [0.15, 0.2) is 0 Å². The highest BCUT2D eigenvalue weighted by Crippen LogP contribution is 2.22. The average molecular weight is 229 g/mol. The van der Waals surface area contributed by atoms with E-state index in [1.54, 1.807) is 4.90 Å². The minimum Gasteiger partial charge on any atom is -0.481 e. The molecule has 0 aromatic rings. The number of primary amides is 1. The van der Waals surface area contributed by atoms with Gasteiger partial charge in [-0.15, -0.1) is 0 Å². The van der Waals surface area contributed by atoms with Crippen LogP contribution in [0.25, 0.3) is 0 Å². The van der Waals surface area contributed by atoms with E-state index in [2.05, 4.69) is 0 Å². The second-order valence-electron chi connectivity index (χ2n) is 4.03. The third-order valence-corrected chi connectivity index (χ3v) is 2.63. The first-order chi connectivity index (χ1) is 7.40. The van der Waals surface area contributed by atoms with E-state index in [9.17, 15) is 14.4 Å². The van der Waals surface area contributed by atoms with E-state index >= 15 is 0 Å². The lowest BCUT2D eigenvalue weighted by molar-refractivity contribution is -0.142. The number of nitrogens with zero attached hydrogens (tertiary/aromatic N) is 1. The van der Waals surface area contributed by atoms with Crippen LogP contribution in [0.5, 0.6) is 0 Å². The summed E-state index contributed by atoms with van der Waals surface area (Å²) < 4.78 is 0. The van der Waals surface area contributed by atoms with Crippen LogP contribution in [0.1, 0.15) is 6.92 Å². The highest BCUT2D eigenvalue weighted by atomic mass is 16.4. The van der Waals surface area contributed by atoms with Crippen LogP contribution >= 0.6 is 0 Å². The maximum Gasteiger partial charge on any atom is 0.318 e. The van der Waals surface area contributed by atoms with Gasteiger partial charge < -0.3 is 10.8 Å². The average Bonchev–Trinajstić information content (AvgIpc) is 2.44. The highest BCUT2D eigenvalue weighted by Gasteiger charge is 2.35. The number of imide groups is 1. The fourth-order valence-corrected chi connectivity index (χ4v) is 1.90. The lowest BCUT2D eigenvalue weighted by Crippen LogP contribution is -2.41. The fourth-order valence-electron chi connectivity index (χ4n) is 1.90. The number of urea groups is 1. The molecule has 3 amide bonds. The van der Waals surface area contributed by atoms with Crippen LogP contribution in [-0.2, 0) is 9.59 Å². The standard InChI is InChI=1S/C9H15N3O4/c1-5-2-12(3-6(5)8(14)15)4-7(13)11-9(10)16/h5-6H,2-4H2,1H3,(H,14,15)(H3,10,11,13,16). The molecule has 0 bridgehead atoms. The van der Waals surface area contributed by atoms with E-state index in [0.29, 0.717) is 13.1 Å². The van der Waals surface area contributed by atoms with Gasteiger partial charge in [0.1, 0.15) is 0 Å². The molecule has 1 aliphatic rings. The normalized spacial score (nSPS) is 25.3. The van der Waals surface area contributed by atoms with Gasteiger partial charge in [-0.25, -0.2) is 4.79 Å². The van der Waals surface area contributed by atoms with Gasteiger partial charge in [-0.1, -0.05) is 6.92 Å². The Morgan fingerprint density at radius 3 is 2.50 bits per heavy atom. The summed E-state index contributed by atoms with van der Waals surface area (Å²) in [7, 11) is 0. The zero-order valence-electron chi connectivity index (χ0n) is 8.97. The summed E-state index contributed by atoms with van der Waals surface area (Å²) >= 11 is 0. The second kappa shape index (κ2) is 4.93. The number of carboxylic acids is 1. The molecular weight excluding hydrogens is 214 g/mol. The zero-order chi connectivity index (χ0) is 12.3. The Balaban J connectivity index is 2.44. The Kier molecular flexibility index (Phi) is 3.83. The van der Waals surface area contributed by atoms with Gasteiger partial charge >= 0.3 is 12.0 Å². The molecule has 0 aromatic carbocycles. The quantitative estimate of drug-likeness (QED) is 0.564. The summed E-state index contributed by atoms with van der Waals surface area (Å²) in [5.74, 6) is -1.82. The van der Waals surface area contributed by atoms with Gasteiger partial charge in [0.25, 0.3) is 0 Å². The van der Waals surface area contributed by atoms with Gasteiger partial charge in [-0.3, -0.25) is 19.8 Å². The molecule has 16 heavy (non-hydrogen) atoms. The topological polar surface area (TPSA) is 113 Å². The maximum absolute atomic E-state index is 11.2. The van der Waals surface area contributed by atoms with Crippen molar-refractivity contribution in [1.29, 1.82) is 0 Å². The number of rotatable bonds is 3. The van der Waals surface area contributed by atoms with Crippen molar-refractivity contribution < 1.29 is 19.5 Å². The van der Waals surface area contributed by atoms with E-state index in [1.165, 1.54) is 0 Å². The van der Waals surface area contributed by atoms with E-state index in [4.69, 9.17) is 10.8 Å². The molecule has 2 atom stereocenters. The van der Waals surface area contributed by atoms with Gasteiger partial charge in [0, 0.05) is 13.1 Å². The van der Waals surface area contributed by atoms with Crippen molar-refractivity contribution in [3.8, 4) is 0 Å². The van der Waals surface area contributed by atoms with Crippen molar-refractivity contribution in [2.75, 3.05) is 19.6 Å². The maximum atomic E-state index is 11.2. The van der Waals surface area contributed by atoms with E-state index in [1.807, 2.05) is 12.2 Å². The number of hydrogen-bond acceptors (Lipinski definition) is 4. The minimum absolute atomic E-state index is 0.00104. The lowest BCUT2D eigenvalue weighted by Gasteiger charge is -2.13. The summed E-state index contributed by atoms with van der Waals surface area (Å²) in [6.45, 7) is 2.67. The molecule has 4 N–H and O–H groups in total. The van der Waals surface area contributed by atoms with Crippen molar-refractivity contribution in [1.82, 2.24) is 10.2 Å². The van der Waals surface area contributed by atoms with Crippen molar-refractivity contribution >= 4 is 17.9 Å². The summed E-state index contributed by atoms with van der Waals surface area (Å²) in [6, 6.07) is -0.896. The van der Waals surface area contributed by atoms with Gasteiger partial charge in [0.15, 0.2) is 0 Å². The summed E-state index contributed by atoms with van der Waals surface area (Å²) in [4.78, 5) is 34.1. The molecule has 1 fully saturated rings. The number of nitrogens with one attached hydrogen (secondary N) is 1. The van der Waals surface area contributed by atoms with Crippen LogP contribution in [0, 0.1) is 11.8 Å². The van der Waals surface area contributed by atoms with E-state index in [-0.39, 0.29) is 12.5 Å². The first kappa shape index (κ1) is 12.4. The summed E-state index contributed by atoms with van der Waals surface area (Å²) in [5, 5.41) is 10.8. The number of hydrogen-bond donors (Lipinski definition) is 3. The molecule has 0 aliphatic carbocycles. The number of nitrogens with two attached hydrogens (primary N) is 1. The summed E-state index contributed by atoms with van der Waals surface area (Å²) in [6.07, 6.45) is 0. The number of carbonyl (C=O) groups excluding carboxylic acids is 2. The number of carboxylic acid groups (broad SMARTS) is 1. The van der Waals surface area contributed by atoms with Crippen LogP contribution in [0.4, 0.5) is 4.79 Å². The number of amides is 3. The van der Waals surface area contributed by atoms with Gasteiger partial charge in [-0.2, -0.15) is 0 Å². The molecule has 0 saturated carbocycles. The number of aliphatic carboxylic acids is 1. The van der Waals surface area contributed by atoms with Crippen molar-refractivity contribution in [3.05, 3.63) is 0 Å². The molecular formula is C9H15N3O4. The fraction of sp³-hybridized carbons (Fsp3) is 0.667. The summed E-state index contributed by atoms with van der Waals surface area (Å²) in [5.41, 5.74) is 4.79. The minimum atomic E-state index is -0.896. The largest absolute Gasteiger partial charge is 0.481 e. The second-order valence-corrected chi connectivity index (χ2v) is 4.03. The number of likely N-dealkylation sites (tertiary alicyclic amines) is 1. The highest BCUT2D eigenvalue weighted by molar-refractivity contribution is 5.94. The molecule has 0 spiro atoms. The van der Waals surface area contributed by atoms with Gasteiger partial charge in [0.2, 0.25) is 5.91 Å². The zero-order valence-corrected chi connectivity index (χ0v) is 8.97. The SMILES string of the molecule is CC1CN(CC(=O)NC(N)=O)CC1C(=O)O. The Bertz CT molecular complexity index is 318. The van der Waals surface area contributed by atoms with Crippen molar-refractivity contribution in [2.45, 2.75) is 6.92 Å². The molecule has 2 unspecified atom stereocenters. The molecule has 1 saturated heterocycles. The van der Waals surface area contributed by atoms with Crippen molar-refractivity contribution in [2.24, 2.45) is 17.6 Å². The Morgan fingerprint density at radius 2 is 2.06 bits per heavy atom. The van der Waals surface area contributed by atoms with Crippen molar-refractivity contribution in [3.63, 3.8) is 0 Å². The molecule has 0 aromatic heterocycles. The van der Waals surface area contributed by atoms with E-state index in [0.717, 1.165) is 0 Å². The Morgan fingerprint density at radius 1 is 1.44 bits per heavy atom. The first-order valence-electron chi connectivity index (χ1n) is 4.94. The monoisotopic (exact) mass is 229 g/mol. The smallest absolute Gasteiger partial charge is 0.318 e. The Hall–Kier alpha value is -1.63. The molecule has 1 rings (SSSR count). The predicted octanol–water partition coefficient (Wildman–Crippen LogP) is -1.17. The first-order valence-corrected chi connectivity index (χ1v) is 4.94. The van der Waals surface area contributed by atoms with Gasteiger partial charge in [-0.05, 0) is 5.92 Å². The molecule has 7 nitrogen and oxygen atoms in total. The lowest BCUT2D eigenvalue weighted by atomic mass is 9.99. The molecule has 1 aliphatic heterocycles. The molecule has 7 heteroatoms.